The molecule has 0 saturated heterocycles. The number of rotatable bonds is 7. The Balaban J connectivity index is 1.41. The zero-order valence-corrected chi connectivity index (χ0v) is 17.6. The van der Waals surface area contributed by atoms with E-state index in [1.165, 1.54) is 17.4 Å². The van der Waals surface area contributed by atoms with Crippen molar-refractivity contribution in [2.45, 2.75) is 32.8 Å². The van der Waals surface area contributed by atoms with Crippen LogP contribution in [0, 0.1) is 0 Å². The van der Waals surface area contributed by atoms with Gasteiger partial charge in [0, 0.05) is 28.5 Å². The number of nitrogens with zero attached hydrogens (tertiary/aromatic N) is 2. The molecule has 1 aromatic carbocycles. The highest BCUT2D eigenvalue weighted by Gasteiger charge is 2.14. The van der Waals surface area contributed by atoms with Gasteiger partial charge in [-0.1, -0.05) is 29.7 Å². The van der Waals surface area contributed by atoms with Crippen molar-refractivity contribution >= 4 is 39.9 Å². The molecule has 0 aliphatic heterocycles. The minimum Gasteiger partial charge on any atom is -0.461 e. The minimum absolute atomic E-state index is 0.0625. The molecule has 30 heavy (non-hydrogen) atoms. The average molecular weight is 445 g/mol. The fourth-order valence-electron chi connectivity index (χ4n) is 2.98. The number of hydrogen-bond acceptors (Lipinski definition) is 8. The van der Waals surface area contributed by atoms with E-state index in [0.717, 1.165) is 10.4 Å². The molecule has 0 saturated carbocycles. The third-order valence-corrected chi connectivity index (χ3v) is 5.74. The number of fused-ring (bicyclic) bond motifs is 1. The molecule has 0 N–H and O–H groups in total. The third kappa shape index (κ3) is 4.44. The largest absolute Gasteiger partial charge is 0.461 e. The molecule has 4 rings (SSSR count). The molecule has 3 heterocycles. The second-order valence-electron chi connectivity index (χ2n) is 6.53. The normalized spacial score (nSPS) is 11.1. The lowest BCUT2D eigenvalue weighted by atomic mass is 10.1. The van der Waals surface area contributed by atoms with Crippen molar-refractivity contribution in [1.29, 1.82) is 0 Å². The third-order valence-electron chi connectivity index (χ3n) is 4.52. The van der Waals surface area contributed by atoms with Crippen LogP contribution in [0.15, 0.2) is 49.4 Å². The van der Waals surface area contributed by atoms with Crippen LogP contribution in [-0.2, 0) is 29.0 Å². The molecule has 0 aliphatic rings. The number of aryl methyl sites for hydroxylation is 2. The van der Waals surface area contributed by atoms with Crippen molar-refractivity contribution in [3.05, 3.63) is 68.2 Å². The van der Waals surface area contributed by atoms with Crippen LogP contribution in [0.5, 0.6) is 0 Å². The molecule has 0 radical (unpaired) electrons. The summed E-state index contributed by atoms with van der Waals surface area (Å²) in [6, 6.07) is 8.57. The standard InChI is InChI=1S/C21H17ClN2O5S/c1-2-12-8-16-14(10-15(12)22)13(9-20(26)28-16)11-27-19(25)6-5-18-23-21(24-29-18)17-4-3-7-30-17/h3-4,7-10H,2,5-6,11H2,1H3. The molecule has 0 spiro atoms. The Labute approximate surface area is 180 Å². The van der Waals surface area contributed by atoms with Gasteiger partial charge in [-0.3, -0.25) is 4.79 Å². The zero-order valence-electron chi connectivity index (χ0n) is 16.0. The topological polar surface area (TPSA) is 95.4 Å². The second kappa shape index (κ2) is 8.81. The SMILES string of the molecule is CCc1cc2oc(=O)cc(COC(=O)CCc3nc(-c4cccs4)no3)c2cc1Cl. The van der Waals surface area contributed by atoms with Gasteiger partial charge in [-0.05, 0) is 35.6 Å². The van der Waals surface area contributed by atoms with E-state index in [9.17, 15) is 9.59 Å². The molecule has 0 bridgehead atoms. The van der Waals surface area contributed by atoms with E-state index in [-0.39, 0.29) is 19.4 Å². The van der Waals surface area contributed by atoms with E-state index < -0.39 is 11.6 Å². The van der Waals surface area contributed by atoms with Gasteiger partial charge in [0.2, 0.25) is 11.7 Å². The van der Waals surface area contributed by atoms with E-state index in [4.69, 9.17) is 25.3 Å². The molecule has 0 fully saturated rings. The van der Waals surface area contributed by atoms with Gasteiger partial charge in [0.25, 0.3) is 0 Å². The number of halogens is 1. The fraction of sp³-hybridized carbons (Fsp3) is 0.238. The van der Waals surface area contributed by atoms with Crippen LogP contribution in [0.1, 0.15) is 30.4 Å². The molecule has 0 unspecified atom stereocenters. The van der Waals surface area contributed by atoms with Gasteiger partial charge in [-0.25, -0.2) is 4.79 Å². The summed E-state index contributed by atoms with van der Waals surface area (Å²) < 4.78 is 15.8. The highest BCUT2D eigenvalue weighted by molar-refractivity contribution is 7.13. The summed E-state index contributed by atoms with van der Waals surface area (Å²) in [6.45, 7) is 1.90. The van der Waals surface area contributed by atoms with Crippen LogP contribution in [0.2, 0.25) is 5.02 Å². The highest BCUT2D eigenvalue weighted by Crippen LogP contribution is 2.26. The van der Waals surface area contributed by atoms with Gasteiger partial charge in [-0.2, -0.15) is 4.98 Å². The maximum absolute atomic E-state index is 12.2. The molecule has 0 amide bonds. The van der Waals surface area contributed by atoms with E-state index >= 15 is 0 Å². The second-order valence-corrected chi connectivity index (χ2v) is 7.89. The summed E-state index contributed by atoms with van der Waals surface area (Å²) in [5, 5.41) is 7.05. The predicted molar refractivity (Wildman–Crippen MR) is 113 cm³/mol. The molecule has 9 heteroatoms. The fourth-order valence-corrected chi connectivity index (χ4v) is 3.93. The first-order chi connectivity index (χ1) is 14.5. The number of aromatic nitrogens is 2. The lowest BCUT2D eigenvalue weighted by Crippen LogP contribution is -2.08. The van der Waals surface area contributed by atoms with Crippen molar-refractivity contribution in [3.63, 3.8) is 0 Å². The van der Waals surface area contributed by atoms with Crippen molar-refractivity contribution in [1.82, 2.24) is 10.1 Å². The van der Waals surface area contributed by atoms with Crippen molar-refractivity contribution in [3.8, 4) is 10.7 Å². The van der Waals surface area contributed by atoms with E-state index in [2.05, 4.69) is 10.1 Å². The number of hydrogen-bond donors (Lipinski definition) is 0. The number of benzene rings is 1. The number of esters is 1. The Bertz CT molecular complexity index is 1250. The minimum atomic E-state index is -0.509. The quantitative estimate of drug-likeness (QED) is 0.298. The molecular formula is C21H17ClN2O5S. The highest BCUT2D eigenvalue weighted by atomic mass is 35.5. The summed E-state index contributed by atoms with van der Waals surface area (Å²) in [5.41, 5.74) is 1.33. The van der Waals surface area contributed by atoms with Crippen molar-refractivity contribution in [2.75, 3.05) is 0 Å². The van der Waals surface area contributed by atoms with Gasteiger partial charge in [0.05, 0.1) is 11.3 Å². The van der Waals surface area contributed by atoms with Gasteiger partial charge in [0.15, 0.2) is 0 Å². The first kappa shape index (κ1) is 20.3. The number of thiophene rings is 1. The van der Waals surface area contributed by atoms with Gasteiger partial charge in [0.1, 0.15) is 12.2 Å². The summed E-state index contributed by atoms with van der Waals surface area (Å²) in [7, 11) is 0. The monoisotopic (exact) mass is 444 g/mol. The number of carbonyl (C=O) groups excluding carboxylic acids is 1. The average Bonchev–Trinajstić information content (AvgIpc) is 3.42. The van der Waals surface area contributed by atoms with Gasteiger partial charge in [-0.15, -0.1) is 11.3 Å². The van der Waals surface area contributed by atoms with Gasteiger partial charge < -0.3 is 13.7 Å². The lowest BCUT2D eigenvalue weighted by Gasteiger charge is -2.09. The maximum atomic E-state index is 12.2. The zero-order chi connectivity index (χ0) is 21.1. The van der Waals surface area contributed by atoms with Crippen molar-refractivity contribution in [2.24, 2.45) is 0 Å². The van der Waals surface area contributed by atoms with Crippen LogP contribution in [-0.4, -0.2) is 16.1 Å². The summed E-state index contributed by atoms with van der Waals surface area (Å²) >= 11 is 7.79. The lowest BCUT2D eigenvalue weighted by molar-refractivity contribution is -0.145. The van der Waals surface area contributed by atoms with Crippen LogP contribution < -0.4 is 5.63 Å². The Morgan fingerprint density at radius 2 is 2.13 bits per heavy atom. The Kier molecular flexibility index (Phi) is 5.96. The summed E-state index contributed by atoms with van der Waals surface area (Å²) in [5.74, 6) is 0.419. The van der Waals surface area contributed by atoms with E-state index in [1.54, 1.807) is 12.1 Å². The first-order valence-corrected chi connectivity index (χ1v) is 10.6. The molecule has 7 nitrogen and oxygen atoms in total. The predicted octanol–water partition coefficient (Wildman–Crippen LogP) is 4.80. The molecule has 4 aromatic rings. The van der Waals surface area contributed by atoms with Gasteiger partial charge >= 0.3 is 11.6 Å². The van der Waals surface area contributed by atoms with Crippen LogP contribution >= 0.6 is 22.9 Å². The molecule has 3 aromatic heterocycles. The van der Waals surface area contributed by atoms with E-state index in [0.29, 0.717) is 39.7 Å². The van der Waals surface area contributed by atoms with Crippen LogP contribution in [0.25, 0.3) is 21.7 Å². The Morgan fingerprint density at radius 3 is 2.90 bits per heavy atom. The first-order valence-electron chi connectivity index (χ1n) is 9.30. The smallest absolute Gasteiger partial charge is 0.336 e. The number of ether oxygens (including phenoxy) is 1. The summed E-state index contributed by atoms with van der Waals surface area (Å²) in [4.78, 5) is 29.2. The van der Waals surface area contributed by atoms with Crippen molar-refractivity contribution < 1.29 is 18.5 Å². The Hall–Kier alpha value is -2.97. The van der Waals surface area contributed by atoms with E-state index in [1.807, 2.05) is 24.4 Å². The maximum Gasteiger partial charge on any atom is 0.336 e. The molecule has 0 aliphatic carbocycles. The molecule has 0 atom stereocenters. The molecule has 154 valence electrons. The van der Waals surface area contributed by atoms with Crippen LogP contribution in [0.4, 0.5) is 0 Å². The number of carbonyl (C=O) groups is 1. The van der Waals surface area contributed by atoms with Crippen LogP contribution in [0.3, 0.4) is 0 Å². The Morgan fingerprint density at radius 1 is 1.27 bits per heavy atom. The summed E-state index contributed by atoms with van der Waals surface area (Å²) in [6.07, 6.45) is 1.05. The molecular weight excluding hydrogens is 428 g/mol.